The Morgan fingerprint density at radius 3 is 2.62 bits per heavy atom. The summed E-state index contributed by atoms with van der Waals surface area (Å²) in [5.74, 6) is -0.700. The van der Waals surface area contributed by atoms with E-state index in [9.17, 15) is 13.2 Å². The van der Waals surface area contributed by atoms with E-state index in [4.69, 9.17) is 10.4 Å². The van der Waals surface area contributed by atoms with Crippen molar-refractivity contribution in [3.8, 4) is 11.8 Å². The number of hydrogen-bond donors (Lipinski definition) is 1. The molecule has 0 saturated heterocycles. The molecule has 0 bridgehead atoms. The van der Waals surface area contributed by atoms with Crippen molar-refractivity contribution in [1.29, 1.82) is 5.26 Å². The molecule has 1 aromatic heterocycles. The molecule has 0 aliphatic heterocycles. The molecule has 8 heteroatoms. The topological polar surface area (TPSA) is 66.1 Å². The standard InChI is InChI=1S/C8H4BrF3N2O2/c9-6-4(1-13)2-14-5(3-15)7(6)16-8(10,11)12/h2,15H,3H2. The van der Waals surface area contributed by atoms with E-state index in [-0.39, 0.29) is 15.7 Å². The van der Waals surface area contributed by atoms with Crippen molar-refractivity contribution in [3.05, 3.63) is 21.9 Å². The third-order valence-corrected chi connectivity index (χ3v) is 2.32. The van der Waals surface area contributed by atoms with Crippen molar-refractivity contribution < 1.29 is 23.0 Å². The predicted octanol–water partition coefficient (Wildman–Crippen LogP) is 2.11. The van der Waals surface area contributed by atoms with E-state index >= 15 is 0 Å². The Balaban J connectivity index is 3.28. The zero-order valence-corrected chi connectivity index (χ0v) is 9.13. The lowest BCUT2D eigenvalue weighted by molar-refractivity contribution is -0.275. The largest absolute Gasteiger partial charge is 0.573 e. The molecule has 0 amide bonds. The third kappa shape index (κ3) is 2.84. The number of rotatable bonds is 2. The Kier molecular flexibility index (Phi) is 3.72. The highest BCUT2D eigenvalue weighted by Crippen LogP contribution is 2.34. The number of halogens is 4. The summed E-state index contributed by atoms with van der Waals surface area (Å²) < 4.78 is 39.6. The lowest BCUT2D eigenvalue weighted by Crippen LogP contribution is -2.19. The fourth-order valence-corrected chi connectivity index (χ4v) is 1.42. The second kappa shape index (κ2) is 4.67. The average Bonchev–Trinajstić information content (AvgIpc) is 2.19. The first-order valence-electron chi connectivity index (χ1n) is 3.83. The van der Waals surface area contributed by atoms with E-state index < -0.39 is 18.7 Å². The average molecular weight is 297 g/mol. The number of hydrogen-bond acceptors (Lipinski definition) is 4. The van der Waals surface area contributed by atoms with Gasteiger partial charge >= 0.3 is 6.36 Å². The van der Waals surface area contributed by atoms with Crippen LogP contribution in [0.3, 0.4) is 0 Å². The van der Waals surface area contributed by atoms with E-state index in [0.717, 1.165) is 6.20 Å². The van der Waals surface area contributed by atoms with Crippen LogP contribution in [0.15, 0.2) is 10.7 Å². The van der Waals surface area contributed by atoms with Gasteiger partial charge in [0.15, 0.2) is 5.75 Å². The molecule has 0 aliphatic rings. The minimum atomic E-state index is -4.91. The van der Waals surface area contributed by atoms with Gasteiger partial charge in [-0.05, 0) is 15.9 Å². The molecule has 0 unspecified atom stereocenters. The van der Waals surface area contributed by atoms with Crippen LogP contribution in [0.5, 0.6) is 5.75 Å². The summed E-state index contributed by atoms with van der Waals surface area (Å²) in [6.45, 7) is -0.726. The maximum Gasteiger partial charge on any atom is 0.573 e. The maximum atomic E-state index is 12.0. The molecule has 0 saturated carbocycles. The van der Waals surface area contributed by atoms with Crippen LogP contribution < -0.4 is 4.74 Å². The van der Waals surface area contributed by atoms with Gasteiger partial charge in [-0.1, -0.05) is 0 Å². The monoisotopic (exact) mass is 296 g/mol. The minimum absolute atomic E-state index is 0.114. The second-order valence-corrected chi connectivity index (χ2v) is 3.37. The van der Waals surface area contributed by atoms with Crippen LogP contribution in [0.1, 0.15) is 11.3 Å². The predicted molar refractivity (Wildman–Crippen MR) is 49.3 cm³/mol. The molecule has 1 aromatic rings. The number of ether oxygens (including phenoxy) is 1. The molecule has 16 heavy (non-hydrogen) atoms. The van der Waals surface area contributed by atoms with Gasteiger partial charge < -0.3 is 9.84 Å². The second-order valence-electron chi connectivity index (χ2n) is 2.58. The summed E-state index contributed by atoms with van der Waals surface area (Å²) in [6, 6.07) is 1.63. The molecule has 4 nitrogen and oxygen atoms in total. The van der Waals surface area contributed by atoms with Crippen LogP contribution in [0.2, 0.25) is 0 Å². The van der Waals surface area contributed by atoms with Gasteiger partial charge in [0, 0.05) is 6.20 Å². The maximum absolute atomic E-state index is 12.0. The Morgan fingerprint density at radius 1 is 1.56 bits per heavy atom. The molecule has 1 rings (SSSR count). The quantitative estimate of drug-likeness (QED) is 0.908. The Bertz CT molecular complexity index is 442. The molecular formula is C8H4BrF3N2O2. The van der Waals surface area contributed by atoms with Crippen molar-refractivity contribution in [2.45, 2.75) is 13.0 Å². The van der Waals surface area contributed by atoms with Crippen molar-refractivity contribution in [2.24, 2.45) is 0 Å². The first kappa shape index (κ1) is 12.7. The molecule has 0 fully saturated rings. The summed E-state index contributed by atoms with van der Waals surface area (Å²) in [6.07, 6.45) is -3.87. The van der Waals surface area contributed by atoms with E-state index in [1.165, 1.54) is 0 Å². The summed E-state index contributed by atoms with van der Waals surface area (Å²) >= 11 is 2.79. The lowest BCUT2D eigenvalue weighted by Gasteiger charge is -2.13. The van der Waals surface area contributed by atoms with Gasteiger partial charge in [0.25, 0.3) is 0 Å². The van der Waals surface area contributed by atoms with E-state index in [2.05, 4.69) is 25.7 Å². The SMILES string of the molecule is N#Cc1cnc(CO)c(OC(F)(F)F)c1Br. The van der Waals surface area contributed by atoms with Crippen LogP contribution in [-0.2, 0) is 6.61 Å². The lowest BCUT2D eigenvalue weighted by atomic mass is 10.2. The normalized spacial score (nSPS) is 11.0. The Morgan fingerprint density at radius 2 is 2.19 bits per heavy atom. The zero-order valence-electron chi connectivity index (χ0n) is 7.55. The number of aliphatic hydroxyl groups excluding tert-OH is 1. The van der Waals surface area contributed by atoms with Crippen LogP contribution >= 0.6 is 15.9 Å². The van der Waals surface area contributed by atoms with Gasteiger partial charge in [-0.25, -0.2) is 0 Å². The van der Waals surface area contributed by atoms with Crippen molar-refractivity contribution in [1.82, 2.24) is 4.98 Å². The molecule has 0 aliphatic carbocycles. The van der Waals surface area contributed by atoms with Crippen LogP contribution in [-0.4, -0.2) is 16.5 Å². The first-order valence-corrected chi connectivity index (χ1v) is 4.62. The number of alkyl halides is 3. The Labute approximate surface area is 96.4 Å². The van der Waals surface area contributed by atoms with Gasteiger partial charge in [-0.15, -0.1) is 13.2 Å². The van der Waals surface area contributed by atoms with E-state index in [1.807, 2.05) is 0 Å². The molecule has 1 N–H and O–H groups in total. The zero-order chi connectivity index (χ0) is 12.3. The smallest absolute Gasteiger partial charge is 0.402 e. The van der Waals surface area contributed by atoms with Crippen LogP contribution in [0.25, 0.3) is 0 Å². The number of aliphatic hydroxyl groups is 1. The van der Waals surface area contributed by atoms with Gasteiger partial charge in [0.05, 0.1) is 16.6 Å². The first-order chi connectivity index (χ1) is 7.39. The van der Waals surface area contributed by atoms with Gasteiger partial charge in [-0.3, -0.25) is 4.98 Å². The molecule has 0 radical (unpaired) electrons. The van der Waals surface area contributed by atoms with E-state index in [1.54, 1.807) is 6.07 Å². The fraction of sp³-hybridized carbons (Fsp3) is 0.250. The number of aromatic nitrogens is 1. The van der Waals surface area contributed by atoms with Crippen LogP contribution in [0.4, 0.5) is 13.2 Å². The molecule has 86 valence electrons. The van der Waals surface area contributed by atoms with Crippen molar-refractivity contribution in [2.75, 3.05) is 0 Å². The summed E-state index contributed by atoms with van der Waals surface area (Å²) in [7, 11) is 0. The number of nitrogens with zero attached hydrogens (tertiary/aromatic N) is 2. The summed E-state index contributed by atoms with van der Waals surface area (Å²) in [5, 5.41) is 17.4. The Hall–Kier alpha value is -1.33. The van der Waals surface area contributed by atoms with Crippen LogP contribution in [0, 0.1) is 11.3 Å². The molecule has 0 aromatic carbocycles. The van der Waals surface area contributed by atoms with Crippen molar-refractivity contribution >= 4 is 15.9 Å². The molecule has 1 heterocycles. The van der Waals surface area contributed by atoms with Gasteiger partial charge in [0.2, 0.25) is 0 Å². The molecular weight excluding hydrogens is 293 g/mol. The summed E-state index contributed by atoms with van der Waals surface area (Å²) in [5.41, 5.74) is -0.417. The summed E-state index contributed by atoms with van der Waals surface area (Å²) in [4.78, 5) is 3.49. The van der Waals surface area contributed by atoms with Gasteiger partial charge in [-0.2, -0.15) is 5.26 Å². The van der Waals surface area contributed by atoms with Gasteiger partial charge in [0.1, 0.15) is 11.8 Å². The van der Waals surface area contributed by atoms with E-state index in [0.29, 0.717) is 0 Å². The number of nitriles is 1. The minimum Gasteiger partial charge on any atom is -0.402 e. The third-order valence-electron chi connectivity index (χ3n) is 1.54. The molecule has 0 spiro atoms. The highest BCUT2D eigenvalue weighted by atomic mass is 79.9. The fourth-order valence-electron chi connectivity index (χ4n) is 0.917. The highest BCUT2D eigenvalue weighted by Gasteiger charge is 2.34. The highest BCUT2D eigenvalue weighted by molar-refractivity contribution is 9.10. The molecule has 0 atom stereocenters. The number of pyridine rings is 1. The van der Waals surface area contributed by atoms with Crippen molar-refractivity contribution in [3.63, 3.8) is 0 Å².